The molecule has 302 valence electrons. The van der Waals surface area contributed by atoms with Gasteiger partial charge in [-0.25, -0.2) is 13.4 Å². The number of carbonyl (C=O) groups is 4. The Bertz CT molecular complexity index is 2230. The quantitative estimate of drug-likeness (QED) is 0.189. The van der Waals surface area contributed by atoms with Crippen LogP contribution in [0.3, 0.4) is 0 Å². The zero-order chi connectivity index (χ0) is 40.7. The maximum absolute atomic E-state index is 14.8. The van der Waals surface area contributed by atoms with Gasteiger partial charge in [-0.05, 0) is 49.5 Å². The number of pyridine rings is 1. The average molecular weight is 798 g/mol. The minimum Gasteiger partial charge on any atom is -0.496 e. The Balaban J connectivity index is 1.29. The van der Waals surface area contributed by atoms with Crippen LogP contribution in [0.1, 0.15) is 77.7 Å². The van der Waals surface area contributed by atoms with Crippen molar-refractivity contribution < 1.29 is 41.8 Å². The predicted octanol–water partition coefficient (Wildman–Crippen LogP) is 6.42. The van der Waals surface area contributed by atoms with Crippen molar-refractivity contribution in [3.05, 3.63) is 72.8 Å². The smallest absolute Gasteiger partial charge is 0.306 e. The average Bonchev–Trinajstić information content (AvgIpc) is 4.11. The van der Waals surface area contributed by atoms with Crippen LogP contribution >= 0.6 is 0 Å². The number of Topliss-reactive ketones (excluding diaryl/α,β-unsaturated/α-hetero) is 1. The number of fused-ring (bicyclic) bond motifs is 3. The molecule has 7 rings (SSSR count). The number of sulfonamides is 1. The molecule has 57 heavy (non-hydrogen) atoms. The monoisotopic (exact) mass is 797 g/mol. The number of benzene rings is 2. The number of nitrogens with zero attached hydrogens (tertiary/aromatic N) is 2. The number of hydrogen-bond donors (Lipinski definition) is 1. The lowest BCUT2D eigenvalue weighted by atomic mass is 9.77. The van der Waals surface area contributed by atoms with Gasteiger partial charge in [-0.3, -0.25) is 23.9 Å². The molecule has 2 aromatic carbocycles. The van der Waals surface area contributed by atoms with Gasteiger partial charge in [0.05, 0.1) is 60.5 Å². The lowest BCUT2D eigenvalue weighted by Crippen LogP contribution is -2.48. The minimum atomic E-state index is -3.87. The van der Waals surface area contributed by atoms with E-state index in [-0.39, 0.29) is 44.6 Å². The fraction of sp³-hybridized carbons (Fsp3) is 0.477. The second kappa shape index (κ2) is 15.7. The third-order valence-electron chi connectivity index (χ3n) is 11.8. The fourth-order valence-corrected chi connectivity index (χ4v) is 9.49. The van der Waals surface area contributed by atoms with E-state index in [0.29, 0.717) is 53.8 Å². The molecule has 4 aliphatic rings. The molecule has 1 saturated heterocycles. The molecular formula is C44H51N3O9S. The number of cyclic esters (lactones) is 1. The highest BCUT2D eigenvalue weighted by Crippen LogP contribution is 2.57. The van der Waals surface area contributed by atoms with E-state index in [0.717, 1.165) is 11.1 Å². The highest BCUT2D eigenvalue weighted by Gasteiger charge is 2.61. The standard InChI is InChI=1S/C44H51N3O9S/c1-6-29-24-44(29,42(51)46-57(52,53)31-16-17-31)25-37(48)36-20-30-26-47(36)41(50)33(43(2,3)4)21-40(49)55-18-12-8-11-15-28-19-32-35(23-38(28)54-5)45-34(22-39(32)56-30)27-13-9-7-10-14-27/h6-7,9-11,13-15,19,22-23,29-31,33,36H,1,8,12,16-18,20-21,24-26H2,2-5H3,(H,46,51)/b15-11+/t29-,30-,33-,36+,44-/m1/s1. The number of nitrogens with one attached hydrogen (secondary N) is 1. The van der Waals surface area contributed by atoms with E-state index < -0.39 is 67.9 Å². The molecule has 2 amide bonds. The lowest BCUT2D eigenvalue weighted by Gasteiger charge is -2.34. The Kier molecular flexibility index (Phi) is 11.1. The number of methoxy groups -OCH3 is 1. The molecule has 0 unspecified atom stereocenters. The van der Waals surface area contributed by atoms with E-state index >= 15 is 0 Å². The van der Waals surface area contributed by atoms with Crippen molar-refractivity contribution in [2.45, 2.75) is 89.5 Å². The van der Waals surface area contributed by atoms with Crippen molar-refractivity contribution in [2.24, 2.45) is 22.7 Å². The van der Waals surface area contributed by atoms with Crippen LogP contribution in [-0.4, -0.2) is 79.5 Å². The van der Waals surface area contributed by atoms with Crippen LogP contribution in [0, 0.1) is 22.7 Å². The van der Waals surface area contributed by atoms with Crippen LogP contribution in [0.25, 0.3) is 28.2 Å². The summed E-state index contributed by atoms with van der Waals surface area (Å²) in [4.78, 5) is 62.7. The summed E-state index contributed by atoms with van der Waals surface area (Å²) in [7, 11) is -2.27. The zero-order valence-corrected chi connectivity index (χ0v) is 33.8. The summed E-state index contributed by atoms with van der Waals surface area (Å²) in [6, 6.07) is 14.3. The van der Waals surface area contributed by atoms with Crippen molar-refractivity contribution in [1.29, 1.82) is 0 Å². The number of allylic oxidation sites excluding steroid dienone is 2. The molecule has 3 heterocycles. The molecule has 1 N–H and O–H groups in total. The van der Waals surface area contributed by atoms with Gasteiger partial charge in [0.15, 0.2) is 5.78 Å². The molecule has 3 aromatic rings. The van der Waals surface area contributed by atoms with E-state index in [1.165, 1.54) is 4.90 Å². The first kappa shape index (κ1) is 40.2. The molecule has 0 spiro atoms. The lowest BCUT2D eigenvalue weighted by molar-refractivity contribution is -0.153. The van der Waals surface area contributed by atoms with Gasteiger partial charge in [0.2, 0.25) is 21.8 Å². The summed E-state index contributed by atoms with van der Waals surface area (Å²) < 4.78 is 46.1. The Morgan fingerprint density at radius 2 is 1.88 bits per heavy atom. The second-order valence-electron chi connectivity index (χ2n) is 16.9. The van der Waals surface area contributed by atoms with E-state index in [4.69, 9.17) is 19.2 Å². The van der Waals surface area contributed by atoms with Crippen molar-refractivity contribution in [2.75, 3.05) is 20.3 Å². The Hall–Kier alpha value is -5.04. The van der Waals surface area contributed by atoms with E-state index in [9.17, 15) is 27.6 Å². The first-order valence-corrected chi connectivity index (χ1v) is 21.3. The summed E-state index contributed by atoms with van der Waals surface area (Å²) in [5, 5.41) is 0.0972. The number of amides is 2. The largest absolute Gasteiger partial charge is 0.496 e. The number of esters is 1. The maximum atomic E-state index is 14.8. The van der Waals surface area contributed by atoms with Gasteiger partial charge in [-0.1, -0.05) is 69.3 Å². The fourth-order valence-electron chi connectivity index (χ4n) is 8.11. The Labute approximate surface area is 334 Å². The van der Waals surface area contributed by atoms with Crippen LogP contribution in [0.2, 0.25) is 0 Å². The third kappa shape index (κ3) is 8.49. The number of ether oxygens (including phenoxy) is 3. The minimum absolute atomic E-state index is 0.0322. The van der Waals surface area contributed by atoms with Gasteiger partial charge < -0.3 is 19.1 Å². The molecule has 3 fully saturated rings. The van der Waals surface area contributed by atoms with Gasteiger partial charge in [0.25, 0.3) is 0 Å². The Morgan fingerprint density at radius 3 is 2.54 bits per heavy atom. The molecular weight excluding hydrogens is 747 g/mol. The molecule has 0 radical (unpaired) electrons. The molecule has 1 aromatic heterocycles. The van der Waals surface area contributed by atoms with Gasteiger partial charge >= 0.3 is 5.97 Å². The highest BCUT2D eigenvalue weighted by atomic mass is 32.2. The van der Waals surface area contributed by atoms with Gasteiger partial charge in [-0.2, -0.15) is 0 Å². The van der Waals surface area contributed by atoms with E-state index in [2.05, 4.69) is 11.3 Å². The highest BCUT2D eigenvalue weighted by molar-refractivity contribution is 7.90. The molecule has 5 atom stereocenters. The topological polar surface area (TPSA) is 158 Å². The van der Waals surface area contributed by atoms with Crippen LogP contribution in [0.4, 0.5) is 0 Å². The Morgan fingerprint density at radius 1 is 1.12 bits per heavy atom. The summed E-state index contributed by atoms with van der Waals surface area (Å²) in [6.45, 7) is 9.67. The summed E-state index contributed by atoms with van der Waals surface area (Å²) in [5.74, 6) is -2.13. The molecule has 2 aliphatic heterocycles. The summed E-state index contributed by atoms with van der Waals surface area (Å²) in [6.07, 6.45) is 6.91. The third-order valence-corrected chi connectivity index (χ3v) is 13.6. The molecule has 2 saturated carbocycles. The number of aromatic nitrogens is 1. The van der Waals surface area contributed by atoms with Crippen LogP contribution in [0.15, 0.2) is 67.3 Å². The van der Waals surface area contributed by atoms with Crippen molar-refractivity contribution >= 4 is 50.6 Å². The second-order valence-corrected chi connectivity index (χ2v) is 18.8. The number of hydrogen-bond acceptors (Lipinski definition) is 10. The summed E-state index contributed by atoms with van der Waals surface area (Å²) >= 11 is 0. The molecule has 13 heteroatoms. The van der Waals surface area contributed by atoms with Gasteiger partial charge in [-0.15, -0.1) is 6.58 Å². The number of ketones is 1. The van der Waals surface area contributed by atoms with E-state index in [1.807, 2.05) is 81.5 Å². The number of rotatable bonds is 9. The van der Waals surface area contributed by atoms with Crippen molar-refractivity contribution in [3.63, 3.8) is 0 Å². The van der Waals surface area contributed by atoms with Crippen LogP contribution in [0.5, 0.6) is 11.5 Å². The molecule has 12 nitrogen and oxygen atoms in total. The normalized spacial score (nSPS) is 26.1. The summed E-state index contributed by atoms with van der Waals surface area (Å²) in [5.41, 5.74) is 0.963. The first-order chi connectivity index (χ1) is 27.1. The van der Waals surface area contributed by atoms with Crippen LogP contribution in [-0.2, 0) is 33.9 Å². The van der Waals surface area contributed by atoms with Gasteiger partial charge in [0.1, 0.15) is 17.6 Å². The SMILES string of the molecule is C=C[C@@H]1C[C@]1(CC(=O)[C@@H]1C[C@@H]2CN1C(=O)[C@H](C(C)(C)C)CC(=O)OCCC/C=C/c1cc3c(cc(-c4ccccc4)nc3cc1OC)O2)C(=O)NS(=O)(=O)C1CC1. The van der Waals surface area contributed by atoms with Crippen molar-refractivity contribution in [1.82, 2.24) is 14.6 Å². The van der Waals surface area contributed by atoms with Crippen molar-refractivity contribution in [3.8, 4) is 22.8 Å². The first-order valence-electron chi connectivity index (χ1n) is 19.7. The van der Waals surface area contributed by atoms with E-state index in [1.54, 1.807) is 13.2 Å². The van der Waals surface area contributed by atoms with Crippen LogP contribution < -0.4 is 14.2 Å². The van der Waals surface area contributed by atoms with Gasteiger partial charge in [0, 0.05) is 41.5 Å². The molecule has 2 aliphatic carbocycles. The molecule has 4 bridgehead atoms. The number of carbonyl (C=O) groups excluding carboxylic acids is 4. The maximum Gasteiger partial charge on any atom is 0.306 e. The predicted molar refractivity (Wildman–Crippen MR) is 215 cm³/mol. The zero-order valence-electron chi connectivity index (χ0n) is 33.0.